The zero-order chi connectivity index (χ0) is 34.0. The van der Waals surface area contributed by atoms with Gasteiger partial charge in [0.15, 0.2) is 0 Å². The lowest BCUT2D eigenvalue weighted by atomic mass is 9.95. The Morgan fingerprint density at radius 1 is 0.627 bits per heavy atom. The first-order valence-corrected chi connectivity index (χ1v) is 20.5. The van der Waals surface area contributed by atoms with Gasteiger partial charge in [-0.15, -0.1) is 10.0 Å². The van der Waals surface area contributed by atoms with Crippen LogP contribution in [0.4, 0.5) is 5.69 Å². The van der Waals surface area contributed by atoms with Crippen molar-refractivity contribution in [3.63, 3.8) is 0 Å². The van der Waals surface area contributed by atoms with Crippen molar-refractivity contribution in [3.05, 3.63) is 186 Å². The summed E-state index contributed by atoms with van der Waals surface area (Å²) >= 11 is 0. The molecule has 4 aliphatic carbocycles. The zero-order valence-corrected chi connectivity index (χ0v) is 30.1. The molecule has 2 unspecified atom stereocenters. The van der Waals surface area contributed by atoms with E-state index in [1.807, 2.05) is 0 Å². The van der Waals surface area contributed by atoms with E-state index in [1.165, 1.54) is 61.2 Å². The van der Waals surface area contributed by atoms with Gasteiger partial charge in [-0.3, -0.25) is 0 Å². The largest absolute Gasteiger partial charge is 0.338 e. The molecular formula is C48H46N2S. The number of aromatic nitrogens is 1. The molecule has 0 amide bonds. The highest BCUT2D eigenvalue weighted by Gasteiger charge is 2.39. The van der Waals surface area contributed by atoms with Gasteiger partial charge in [0.25, 0.3) is 0 Å². The van der Waals surface area contributed by atoms with Crippen LogP contribution in [0.15, 0.2) is 189 Å². The van der Waals surface area contributed by atoms with E-state index < -0.39 is 10.0 Å². The van der Waals surface area contributed by atoms with Crippen LogP contribution in [0.25, 0.3) is 16.6 Å². The molecule has 0 bridgehead atoms. The van der Waals surface area contributed by atoms with Gasteiger partial charge in [-0.05, 0) is 129 Å². The van der Waals surface area contributed by atoms with Crippen LogP contribution in [0.5, 0.6) is 0 Å². The SMILES string of the molecule is C1=CCCC(N(c2cccc(S(C3=CC=CCC3)(c3ccccc3)c3cccc4c3c3c(n4-c4ccccc4)CCCC3)c2)C2C=CC=CC2)=C1. The third-order valence-corrected chi connectivity index (χ3v) is 15.2. The molecule has 3 heteroatoms. The molecule has 2 atom stereocenters. The molecular weight excluding hydrogens is 637 g/mol. The van der Waals surface area contributed by atoms with Gasteiger partial charge in [0.05, 0.1) is 11.6 Å². The second kappa shape index (κ2) is 14.0. The van der Waals surface area contributed by atoms with Crippen molar-refractivity contribution < 1.29 is 0 Å². The van der Waals surface area contributed by atoms with Crippen molar-refractivity contribution in [2.24, 2.45) is 0 Å². The molecule has 4 aromatic carbocycles. The first-order valence-electron chi connectivity index (χ1n) is 18.9. The number of hydrogen-bond acceptors (Lipinski definition) is 1. The molecule has 1 heterocycles. The van der Waals surface area contributed by atoms with E-state index >= 15 is 0 Å². The summed E-state index contributed by atoms with van der Waals surface area (Å²) in [6.07, 6.45) is 33.1. The number of rotatable bonds is 8. The highest BCUT2D eigenvalue weighted by Crippen LogP contribution is 2.76. The van der Waals surface area contributed by atoms with Gasteiger partial charge in [0.1, 0.15) is 0 Å². The van der Waals surface area contributed by atoms with Gasteiger partial charge < -0.3 is 9.47 Å². The molecule has 0 saturated heterocycles. The molecule has 9 rings (SSSR count). The fourth-order valence-corrected chi connectivity index (χ4v) is 13.3. The number of nitrogens with zero attached hydrogens (tertiary/aromatic N) is 2. The Balaban J connectivity index is 1.36. The predicted octanol–water partition coefficient (Wildman–Crippen LogP) is 12.9. The average molecular weight is 683 g/mol. The maximum Gasteiger partial charge on any atom is 0.0556 e. The Labute approximate surface area is 304 Å². The van der Waals surface area contributed by atoms with Crippen molar-refractivity contribution in [2.75, 3.05) is 4.90 Å². The van der Waals surface area contributed by atoms with Gasteiger partial charge in [-0.25, -0.2) is 0 Å². The monoisotopic (exact) mass is 682 g/mol. The number of hydrogen-bond donors (Lipinski definition) is 0. The minimum absolute atomic E-state index is 0.288. The van der Waals surface area contributed by atoms with E-state index in [1.54, 1.807) is 10.5 Å². The van der Waals surface area contributed by atoms with Gasteiger partial charge >= 0.3 is 0 Å². The molecule has 2 nitrogen and oxygen atoms in total. The second-order valence-corrected chi connectivity index (χ2v) is 17.2. The molecule has 5 aromatic rings. The number of allylic oxidation sites excluding steroid dienone is 10. The number of fused-ring (bicyclic) bond motifs is 3. The van der Waals surface area contributed by atoms with Crippen LogP contribution in [-0.2, 0) is 12.8 Å². The Morgan fingerprint density at radius 3 is 2.16 bits per heavy atom. The normalized spacial score (nSPS) is 20.0. The number of para-hydroxylation sites is 1. The van der Waals surface area contributed by atoms with Gasteiger partial charge in [-0.2, -0.15) is 0 Å². The molecule has 1 aromatic heterocycles. The third kappa shape index (κ3) is 5.59. The summed E-state index contributed by atoms with van der Waals surface area (Å²) in [5.41, 5.74) is 8.37. The summed E-state index contributed by atoms with van der Waals surface area (Å²) < 4.78 is 2.60. The maximum atomic E-state index is 2.63. The van der Waals surface area contributed by atoms with Crippen molar-refractivity contribution in [1.29, 1.82) is 0 Å². The van der Waals surface area contributed by atoms with E-state index in [0.29, 0.717) is 0 Å². The van der Waals surface area contributed by atoms with Crippen LogP contribution in [0, 0.1) is 0 Å². The summed E-state index contributed by atoms with van der Waals surface area (Å²) in [4.78, 5) is 8.50. The van der Waals surface area contributed by atoms with E-state index in [9.17, 15) is 0 Å². The van der Waals surface area contributed by atoms with Crippen molar-refractivity contribution in [3.8, 4) is 5.69 Å². The lowest BCUT2D eigenvalue weighted by Crippen LogP contribution is -2.34. The fraction of sp³-hybridized carbons (Fsp3) is 0.208. The second-order valence-electron chi connectivity index (χ2n) is 14.1. The molecule has 0 fully saturated rings. The maximum absolute atomic E-state index is 2.63. The quantitative estimate of drug-likeness (QED) is 0.158. The van der Waals surface area contributed by atoms with Crippen LogP contribution < -0.4 is 4.90 Å². The molecule has 0 aliphatic heterocycles. The Morgan fingerprint density at radius 2 is 1.39 bits per heavy atom. The molecule has 254 valence electrons. The fourth-order valence-electron chi connectivity index (χ4n) is 8.93. The van der Waals surface area contributed by atoms with Crippen LogP contribution >= 0.6 is 10.0 Å². The van der Waals surface area contributed by atoms with E-state index in [4.69, 9.17) is 0 Å². The minimum Gasteiger partial charge on any atom is -0.338 e. The Kier molecular flexibility index (Phi) is 8.75. The molecule has 4 aliphatic rings. The minimum atomic E-state index is -1.88. The topological polar surface area (TPSA) is 8.17 Å². The van der Waals surface area contributed by atoms with Crippen molar-refractivity contribution in [2.45, 2.75) is 78.5 Å². The molecule has 51 heavy (non-hydrogen) atoms. The summed E-state index contributed by atoms with van der Waals surface area (Å²) in [5, 5.41) is 1.48. The number of anilines is 1. The highest BCUT2D eigenvalue weighted by molar-refractivity contribution is 8.37. The van der Waals surface area contributed by atoms with E-state index in [-0.39, 0.29) is 6.04 Å². The standard InChI is InChI=1S/C48H46N2S/c1-6-20-37(21-7-1)49(38-22-8-2-9-23-38)40-26-18-31-43(36-40)51(41-27-12-4-13-28-41,42-29-14-5-15-30-42)47-35-19-34-46-48(47)44-32-16-17-33-45(44)50(46)39-24-10-3-11-25-39/h1-8,10-14,18-20,22,24-29,31,34-37H,9,15-17,21,23,30,32-33H2. The smallest absolute Gasteiger partial charge is 0.0556 e. The van der Waals surface area contributed by atoms with E-state index in [0.717, 1.165) is 44.9 Å². The Bertz CT molecular complexity index is 2250. The third-order valence-electron chi connectivity index (χ3n) is 11.1. The zero-order valence-electron chi connectivity index (χ0n) is 29.3. The first kappa shape index (κ1) is 32.0. The summed E-state index contributed by atoms with van der Waals surface area (Å²) in [6.45, 7) is 0. The van der Waals surface area contributed by atoms with Gasteiger partial charge in [0.2, 0.25) is 0 Å². The van der Waals surface area contributed by atoms with Gasteiger partial charge in [0, 0.05) is 42.8 Å². The summed E-state index contributed by atoms with van der Waals surface area (Å²) in [7, 11) is -1.88. The van der Waals surface area contributed by atoms with Crippen LogP contribution in [0.2, 0.25) is 0 Å². The van der Waals surface area contributed by atoms with Crippen molar-refractivity contribution >= 4 is 26.6 Å². The average Bonchev–Trinajstić information content (AvgIpc) is 3.56. The van der Waals surface area contributed by atoms with Crippen molar-refractivity contribution in [1.82, 2.24) is 4.57 Å². The Hall–Kier alpha value is -4.99. The van der Waals surface area contributed by atoms with Crippen LogP contribution in [0.1, 0.15) is 56.2 Å². The van der Waals surface area contributed by atoms with Gasteiger partial charge in [-0.1, -0.05) is 103 Å². The highest BCUT2D eigenvalue weighted by atomic mass is 32.3. The number of benzene rings is 4. The molecule has 0 radical (unpaired) electrons. The van der Waals surface area contributed by atoms with Crippen LogP contribution in [0.3, 0.4) is 0 Å². The molecule has 0 saturated carbocycles. The van der Waals surface area contributed by atoms with Crippen LogP contribution in [-0.4, -0.2) is 10.6 Å². The first-order chi connectivity index (χ1) is 25.3. The van der Waals surface area contributed by atoms with E-state index in [2.05, 4.69) is 173 Å². The number of aryl methyl sites for hydroxylation is 1. The predicted molar refractivity (Wildman–Crippen MR) is 217 cm³/mol. The molecule has 0 N–H and O–H groups in total. The summed E-state index contributed by atoms with van der Waals surface area (Å²) in [5.74, 6) is 0. The molecule has 0 spiro atoms. The lowest BCUT2D eigenvalue weighted by Gasteiger charge is -2.45. The summed E-state index contributed by atoms with van der Waals surface area (Å²) in [6, 6.07) is 39.9. The lowest BCUT2D eigenvalue weighted by molar-refractivity contribution is 0.666.